The highest BCUT2D eigenvalue weighted by atomic mass is 16.1. The van der Waals surface area contributed by atoms with Crippen molar-refractivity contribution >= 4 is 34.5 Å². The van der Waals surface area contributed by atoms with Crippen molar-refractivity contribution in [3.8, 4) is 0 Å². The van der Waals surface area contributed by atoms with Crippen molar-refractivity contribution in [2.24, 2.45) is 0 Å². The Bertz CT molecular complexity index is 1080. The SMILES string of the molecule is O=CN[C@H](C=O)Cc1c(Cc2c[nH]c3ccccc23)[nH]c2ccccc12. The van der Waals surface area contributed by atoms with Gasteiger partial charge in [-0.2, -0.15) is 0 Å². The fourth-order valence-electron chi connectivity index (χ4n) is 3.56. The highest BCUT2D eigenvalue weighted by Gasteiger charge is 2.17. The van der Waals surface area contributed by atoms with Crippen LogP contribution in [0.3, 0.4) is 0 Å². The van der Waals surface area contributed by atoms with Gasteiger partial charge in [0.15, 0.2) is 0 Å². The third-order valence-corrected chi connectivity index (χ3v) is 4.81. The number of rotatable bonds is 7. The molecule has 26 heavy (non-hydrogen) atoms. The second kappa shape index (κ2) is 6.88. The van der Waals surface area contributed by atoms with E-state index < -0.39 is 6.04 Å². The van der Waals surface area contributed by atoms with Crippen LogP contribution < -0.4 is 5.32 Å². The first kappa shape index (κ1) is 16.1. The second-order valence-corrected chi connectivity index (χ2v) is 6.40. The number of hydrogen-bond acceptors (Lipinski definition) is 2. The van der Waals surface area contributed by atoms with E-state index in [-0.39, 0.29) is 0 Å². The van der Waals surface area contributed by atoms with E-state index in [9.17, 15) is 9.59 Å². The summed E-state index contributed by atoms with van der Waals surface area (Å²) in [5.41, 5.74) is 5.47. The average Bonchev–Trinajstić information content (AvgIpc) is 3.23. The molecule has 0 aliphatic carbocycles. The number of fused-ring (bicyclic) bond motifs is 2. The number of hydrogen-bond donors (Lipinski definition) is 3. The zero-order chi connectivity index (χ0) is 17.9. The molecule has 2 heterocycles. The molecule has 5 heteroatoms. The van der Waals surface area contributed by atoms with Gasteiger partial charge in [0.1, 0.15) is 6.29 Å². The first-order chi connectivity index (χ1) is 12.8. The van der Waals surface area contributed by atoms with Gasteiger partial charge in [0.2, 0.25) is 6.41 Å². The van der Waals surface area contributed by atoms with Gasteiger partial charge in [-0.25, -0.2) is 0 Å². The van der Waals surface area contributed by atoms with E-state index in [2.05, 4.69) is 27.4 Å². The summed E-state index contributed by atoms with van der Waals surface area (Å²) in [4.78, 5) is 28.9. The molecule has 2 aromatic carbocycles. The van der Waals surface area contributed by atoms with Gasteiger partial charge < -0.3 is 20.1 Å². The number of para-hydroxylation sites is 2. The van der Waals surface area contributed by atoms with Crippen molar-refractivity contribution in [1.82, 2.24) is 15.3 Å². The number of aromatic nitrogens is 2. The van der Waals surface area contributed by atoms with Crippen molar-refractivity contribution in [2.45, 2.75) is 18.9 Å². The molecule has 5 nitrogen and oxygen atoms in total. The molecule has 0 radical (unpaired) electrons. The summed E-state index contributed by atoms with van der Waals surface area (Å²) >= 11 is 0. The maximum Gasteiger partial charge on any atom is 0.207 e. The summed E-state index contributed by atoms with van der Waals surface area (Å²) in [6.07, 6.45) is 4.57. The van der Waals surface area contributed by atoms with Crippen molar-refractivity contribution in [2.75, 3.05) is 0 Å². The average molecular weight is 345 g/mol. The Labute approximate surface area is 150 Å². The Morgan fingerprint density at radius 2 is 1.69 bits per heavy atom. The van der Waals surface area contributed by atoms with Crippen LogP contribution in [0.2, 0.25) is 0 Å². The van der Waals surface area contributed by atoms with Crippen LogP contribution in [0.15, 0.2) is 54.7 Å². The highest BCUT2D eigenvalue weighted by Crippen LogP contribution is 2.28. The van der Waals surface area contributed by atoms with Gasteiger partial charge in [0.25, 0.3) is 0 Å². The predicted molar refractivity (Wildman–Crippen MR) is 102 cm³/mol. The van der Waals surface area contributed by atoms with E-state index in [0.717, 1.165) is 40.4 Å². The lowest BCUT2D eigenvalue weighted by Gasteiger charge is -2.10. The largest absolute Gasteiger partial charge is 0.361 e. The molecule has 1 atom stereocenters. The third kappa shape index (κ3) is 2.88. The van der Waals surface area contributed by atoms with E-state index in [1.807, 2.05) is 42.6 Å². The van der Waals surface area contributed by atoms with E-state index in [4.69, 9.17) is 0 Å². The summed E-state index contributed by atoms with van der Waals surface area (Å²) in [6.45, 7) is 0. The summed E-state index contributed by atoms with van der Waals surface area (Å²) in [7, 11) is 0. The van der Waals surface area contributed by atoms with Crippen LogP contribution in [0, 0.1) is 0 Å². The summed E-state index contributed by atoms with van der Waals surface area (Å²) in [5, 5.41) is 4.86. The van der Waals surface area contributed by atoms with Crippen molar-refractivity contribution in [3.05, 3.63) is 71.5 Å². The Morgan fingerprint density at radius 1 is 0.962 bits per heavy atom. The van der Waals surface area contributed by atoms with E-state index in [1.54, 1.807) is 0 Å². The van der Waals surface area contributed by atoms with Gasteiger partial charge in [0, 0.05) is 46.5 Å². The van der Waals surface area contributed by atoms with Gasteiger partial charge in [-0.05, 0) is 23.3 Å². The number of H-pyrrole nitrogens is 2. The van der Waals surface area contributed by atoms with Crippen LogP contribution in [-0.4, -0.2) is 28.7 Å². The summed E-state index contributed by atoms with van der Waals surface area (Å²) in [5.74, 6) is 0. The lowest BCUT2D eigenvalue weighted by atomic mass is 9.99. The second-order valence-electron chi connectivity index (χ2n) is 6.40. The minimum absolute atomic E-state index is 0.462. The zero-order valence-corrected chi connectivity index (χ0v) is 14.2. The number of aromatic amines is 2. The number of carbonyl (C=O) groups is 2. The van der Waals surface area contributed by atoms with Crippen LogP contribution in [0.4, 0.5) is 0 Å². The minimum Gasteiger partial charge on any atom is -0.361 e. The monoisotopic (exact) mass is 345 g/mol. The Hall–Kier alpha value is -3.34. The topological polar surface area (TPSA) is 77.8 Å². The van der Waals surface area contributed by atoms with Crippen molar-refractivity contribution < 1.29 is 9.59 Å². The van der Waals surface area contributed by atoms with Crippen LogP contribution in [0.25, 0.3) is 21.8 Å². The van der Waals surface area contributed by atoms with Gasteiger partial charge in [-0.1, -0.05) is 36.4 Å². The molecular weight excluding hydrogens is 326 g/mol. The molecule has 4 aromatic rings. The molecule has 0 saturated carbocycles. The fourth-order valence-corrected chi connectivity index (χ4v) is 3.56. The van der Waals surface area contributed by atoms with Gasteiger partial charge in [-0.15, -0.1) is 0 Å². The number of benzene rings is 2. The normalized spacial score (nSPS) is 12.3. The first-order valence-corrected chi connectivity index (χ1v) is 8.58. The molecule has 0 aliphatic rings. The lowest BCUT2D eigenvalue weighted by molar-refractivity contribution is -0.115. The Kier molecular flexibility index (Phi) is 4.27. The molecule has 1 amide bonds. The van der Waals surface area contributed by atoms with Gasteiger partial charge in [0.05, 0.1) is 6.04 Å². The van der Waals surface area contributed by atoms with Crippen LogP contribution >= 0.6 is 0 Å². The molecule has 4 rings (SSSR count). The van der Waals surface area contributed by atoms with Crippen molar-refractivity contribution in [1.29, 1.82) is 0 Å². The number of carbonyl (C=O) groups excluding carboxylic acids is 2. The number of aldehydes is 1. The summed E-state index contributed by atoms with van der Waals surface area (Å²) < 4.78 is 0. The van der Waals surface area contributed by atoms with Crippen LogP contribution in [0.1, 0.15) is 16.8 Å². The molecule has 130 valence electrons. The number of nitrogens with one attached hydrogen (secondary N) is 3. The smallest absolute Gasteiger partial charge is 0.207 e. The van der Waals surface area contributed by atoms with E-state index in [0.29, 0.717) is 12.8 Å². The minimum atomic E-state index is -0.534. The zero-order valence-electron chi connectivity index (χ0n) is 14.2. The predicted octanol–water partition coefficient (Wildman–Crippen LogP) is 3.10. The Balaban J connectivity index is 1.77. The van der Waals surface area contributed by atoms with Crippen molar-refractivity contribution in [3.63, 3.8) is 0 Å². The van der Waals surface area contributed by atoms with E-state index >= 15 is 0 Å². The molecule has 2 aromatic heterocycles. The highest BCUT2D eigenvalue weighted by molar-refractivity contribution is 5.87. The molecule has 0 spiro atoms. The lowest BCUT2D eigenvalue weighted by Crippen LogP contribution is -2.31. The standard InChI is InChI=1S/C21H19N3O2/c25-12-15(23-13-26)10-18-17-6-2-4-8-20(17)24-21(18)9-14-11-22-19-7-3-1-5-16(14)19/h1-8,11-13,15,22,24H,9-10H2,(H,23,26)/t15-/m0/s1. The molecule has 0 bridgehead atoms. The van der Waals surface area contributed by atoms with Crippen LogP contribution in [0.5, 0.6) is 0 Å². The molecule has 0 fully saturated rings. The Morgan fingerprint density at radius 3 is 2.46 bits per heavy atom. The fraction of sp³-hybridized carbons (Fsp3) is 0.143. The molecule has 0 unspecified atom stereocenters. The third-order valence-electron chi connectivity index (χ3n) is 4.81. The van der Waals surface area contributed by atoms with Crippen LogP contribution in [-0.2, 0) is 22.4 Å². The summed E-state index contributed by atoms with van der Waals surface area (Å²) in [6, 6.07) is 15.7. The maximum atomic E-state index is 11.3. The van der Waals surface area contributed by atoms with Gasteiger partial charge >= 0.3 is 0 Å². The van der Waals surface area contributed by atoms with Gasteiger partial charge in [-0.3, -0.25) is 4.79 Å². The molecule has 0 aliphatic heterocycles. The maximum absolute atomic E-state index is 11.3. The molecule has 0 saturated heterocycles. The quantitative estimate of drug-likeness (QED) is 0.450. The van der Waals surface area contributed by atoms with E-state index in [1.165, 1.54) is 10.9 Å². The molecule has 3 N–H and O–H groups in total. The molecular formula is C21H19N3O2. The first-order valence-electron chi connectivity index (χ1n) is 8.58. The number of amides is 1.